The lowest BCUT2D eigenvalue weighted by Crippen LogP contribution is -2.00. The molecule has 19 heavy (non-hydrogen) atoms. The van der Waals surface area contributed by atoms with Crippen LogP contribution in [0.3, 0.4) is 0 Å². The first-order valence-corrected chi connectivity index (χ1v) is 8.91. The van der Waals surface area contributed by atoms with Crippen molar-refractivity contribution < 1.29 is 0 Å². The zero-order valence-corrected chi connectivity index (χ0v) is 14.7. The first kappa shape index (κ1) is 19.0. The minimum Gasteiger partial charge on any atom is -0.0628 e. The van der Waals surface area contributed by atoms with Gasteiger partial charge in [0, 0.05) is 0 Å². The quantitative estimate of drug-likeness (QED) is 0.332. The van der Waals surface area contributed by atoms with Crippen LogP contribution < -0.4 is 0 Å². The fraction of sp³-hybridized carbons (Fsp3) is 1.00. The maximum atomic E-state index is 2.45. The minimum absolute atomic E-state index is 0.871. The van der Waals surface area contributed by atoms with Crippen LogP contribution in [0.5, 0.6) is 0 Å². The molecule has 2 atom stereocenters. The molecule has 2 unspecified atom stereocenters. The van der Waals surface area contributed by atoms with Gasteiger partial charge in [-0.2, -0.15) is 0 Å². The van der Waals surface area contributed by atoms with Gasteiger partial charge in [-0.25, -0.2) is 0 Å². The molecule has 0 spiro atoms. The van der Waals surface area contributed by atoms with Crippen molar-refractivity contribution in [2.45, 2.75) is 99.3 Å². The highest BCUT2D eigenvalue weighted by Crippen LogP contribution is 2.21. The summed E-state index contributed by atoms with van der Waals surface area (Å²) in [6.45, 7) is 14.2. The second-order valence-corrected chi connectivity index (χ2v) is 7.80. The van der Waals surface area contributed by atoms with E-state index in [4.69, 9.17) is 0 Å². The van der Waals surface area contributed by atoms with Crippen molar-refractivity contribution in [3.05, 3.63) is 0 Å². The monoisotopic (exact) mass is 268 g/mol. The maximum absolute atomic E-state index is 2.45. The van der Waals surface area contributed by atoms with Crippen LogP contribution in [0.4, 0.5) is 0 Å². The van der Waals surface area contributed by atoms with Gasteiger partial charge in [-0.05, 0) is 30.1 Å². The largest absolute Gasteiger partial charge is 0.0628 e. The molecule has 0 heterocycles. The molecule has 0 amide bonds. The smallest absolute Gasteiger partial charge is 0.0440 e. The summed E-state index contributed by atoms with van der Waals surface area (Å²) < 4.78 is 0. The summed E-state index contributed by atoms with van der Waals surface area (Å²) in [5.41, 5.74) is 0. The lowest BCUT2D eigenvalue weighted by molar-refractivity contribution is 0.384. The summed E-state index contributed by atoms with van der Waals surface area (Å²) in [5, 5.41) is 0. The van der Waals surface area contributed by atoms with Crippen LogP contribution in [0, 0.1) is 23.7 Å². The molecule has 0 aromatic carbocycles. The van der Waals surface area contributed by atoms with Crippen LogP contribution in [-0.4, -0.2) is 0 Å². The van der Waals surface area contributed by atoms with Crippen LogP contribution in [0.2, 0.25) is 0 Å². The van der Waals surface area contributed by atoms with Gasteiger partial charge in [-0.1, -0.05) is 92.9 Å². The number of hydrogen-bond donors (Lipinski definition) is 0. The molecule has 0 aromatic heterocycles. The van der Waals surface area contributed by atoms with E-state index in [1.54, 1.807) is 0 Å². The Labute approximate surface area is 123 Å². The summed E-state index contributed by atoms with van der Waals surface area (Å²) in [6, 6.07) is 0. The molecule has 0 saturated heterocycles. The third kappa shape index (κ3) is 14.2. The van der Waals surface area contributed by atoms with Crippen LogP contribution >= 0.6 is 0 Å². The standard InChI is InChI=1S/C19H40/c1-16(2)11-10-14-18(5)12-8-7-9-13-19(6)15-17(3)4/h16-19H,7-15H2,1-6H3. The molecule has 0 N–H and O–H groups in total. The normalized spacial score (nSPS) is 15.2. The van der Waals surface area contributed by atoms with Crippen LogP contribution in [0.1, 0.15) is 99.3 Å². The van der Waals surface area contributed by atoms with Crippen molar-refractivity contribution in [1.29, 1.82) is 0 Å². The zero-order chi connectivity index (χ0) is 14.7. The number of hydrogen-bond acceptors (Lipinski definition) is 0. The summed E-state index contributed by atoms with van der Waals surface area (Å²) in [4.78, 5) is 0. The van der Waals surface area contributed by atoms with Crippen molar-refractivity contribution in [3.8, 4) is 0 Å². The second kappa shape index (κ2) is 11.8. The van der Waals surface area contributed by atoms with Crippen LogP contribution in [0.25, 0.3) is 0 Å². The van der Waals surface area contributed by atoms with Crippen molar-refractivity contribution >= 4 is 0 Å². The van der Waals surface area contributed by atoms with Crippen molar-refractivity contribution in [3.63, 3.8) is 0 Å². The van der Waals surface area contributed by atoms with Gasteiger partial charge in [-0.15, -0.1) is 0 Å². The first-order chi connectivity index (χ1) is 8.91. The van der Waals surface area contributed by atoms with Gasteiger partial charge in [-0.3, -0.25) is 0 Å². The SMILES string of the molecule is CC(C)CCCC(C)CCCCCC(C)CC(C)C. The molecule has 0 aliphatic heterocycles. The molecule has 0 aliphatic rings. The topological polar surface area (TPSA) is 0 Å². The van der Waals surface area contributed by atoms with E-state index in [0.717, 1.165) is 23.7 Å². The fourth-order valence-corrected chi connectivity index (χ4v) is 3.10. The molecule has 0 heteroatoms. The van der Waals surface area contributed by atoms with Gasteiger partial charge in [0.1, 0.15) is 0 Å². The molecule has 116 valence electrons. The van der Waals surface area contributed by atoms with Crippen molar-refractivity contribution in [1.82, 2.24) is 0 Å². The van der Waals surface area contributed by atoms with E-state index in [1.165, 1.54) is 57.8 Å². The molecule has 0 fully saturated rings. The predicted molar refractivity (Wildman–Crippen MR) is 89.6 cm³/mol. The average Bonchev–Trinajstić information content (AvgIpc) is 2.26. The van der Waals surface area contributed by atoms with Crippen molar-refractivity contribution in [2.75, 3.05) is 0 Å². The Bertz CT molecular complexity index is 180. The number of rotatable bonds is 12. The van der Waals surface area contributed by atoms with Crippen LogP contribution in [-0.2, 0) is 0 Å². The van der Waals surface area contributed by atoms with Gasteiger partial charge in [0.2, 0.25) is 0 Å². The van der Waals surface area contributed by atoms with Gasteiger partial charge in [0.15, 0.2) is 0 Å². The van der Waals surface area contributed by atoms with Gasteiger partial charge >= 0.3 is 0 Å². The first-order valence-electron chi connectivity index (χ1n) is 8.91. The predicted octanol–water partition coefficient (Wildman–Crippen LogP) is 7.08. The van der Waals surface area contributed by atoms with E-state index in [-0.39, 0.29) is 0 Å². The minimum atomic E-state index is 0.871. The Kier molecular flexibility index (Phi) is 11.8. The van der Waals surface area contributed by atoms with E-state index in [0.29, 0.717) is 0 Å². The Morgan fingerprint density at radius 2 is 1.00 bits per heavy atom. The van der Waals surface area contributed by atoms with Crippen molar-refractivity contribution in [2.24, 2.45) is 23.7 Å². The summed E-state index contributed by atoms with van der Waals surface area (Å²) in [6.07, 6.45) is 13.0. The molecule has 0 aliphatic carbocycles. The fourth-order valence-electron chi connectivity index (χ4n) is 3.10. The Morgan fingerprint density at radius 3 is 1.53 bits per heavy atom. The summed E-state index contributed by atoms with van der Waals surface area (Å²) in [5.74, 6) is 3.64. The lowest BCUT2D eigenvalue weighted by atomic mass is 9.92. The molecule has 0 rings (SSSR count). The molecule has 0 radical (unpaired) electrons. The second-order valence-electron chi connectivity index (χ2n) is 7.80. The molecule has 0 aromatic rings. The van der Waals surface area contributed by atoms with E-state index < -0.39 is 0 Å². The van der Waals surface area contributed by atoms with E-state index >= 15 is 0 Å². The molecule has 0 saturated carbocycles. The van der Waals surface area contributed by atoms with E-state index in [9.17, 15) is 0 Å². The lowest BCUT2D eigenvalue weighted by Gasteiger charge is -2.14. The highest BCUT2D eigenvalue weighted by Gasteiger charge is 2.06. The zero-order valence-electron chi connectivity index (χ0n) is 14.7. The molecule has 0 nitrogen and oxygen atoms in total. The van der Waals surface area contributed by atoms with Gasteiger partial charge in [0.05, 0.1) is 0 Å². The van der Waals surface area contributed by atoms with Gasteiger partial charge in [0.25, 0.3) is 0 Å². The number of unbranched alkanes of at least 4 members (excludes halogenated alkanes) is 2. The Balaban J connectivity index is 3.33. The van der Waals surface area contributed by atoms with Gasteiger partial charge < -0.3 is 0 Å². The third-order valence-corrected chi connectivity index (χ3v) is 4.25. The molecular weight excluding hydrogens is 228 g/mol. The Morgan fingerprint density at radius 1 is 0.474 bits per heavy atom. The van der Waals surface area contributed by atoms with E-state index in [1.807, 2.05) is 0 Å². The summed E-state index contributed by atoms with van der Waals surface area (Å²) >= 11 is 0. The molecular formula is C19H40. The summed E-state index contributed by atoms with van der Waals surface area (Å²) in [7, 11) is 0. The average molecular weight is 269 g/mol. The maximum Gasteiger partial charge on any atom is -0.0440 e. The Hall–Kier alpha value is 0. The van der Waals surface area contributed by atoms with Crippen LogP contribution in [0.15, 0.2) is 0 Å². The highest BCUT2D eigenvalue weighted by molar-refractivity contribution is 4.59. The molecule has 0 bridgehead atoms. The highest BCUT2D eigenvalue weighted by atomic mass is 14.1. The third-order valence-electron chi connectivity index (χ3n) is 4.25. The van der Waals surface area contributed by atoms with E-state index in [2.05, 4.69) is 41.5 Å².